The monoisotopic (exact) mass is 439 g/mol. The van der Waals surface area contributed by atoms with Gasteiger partial charge in [-0.3, -0.25) is 4.79 Å². The number of hydrogen-bond donors (Lipinski definition) is 1. The number of ether oxygens (including phenoxy) is 3. The van der Waals surface area contributed by atoms with Crippen LogP contribution in [0.15, 0.2) is 53.9 Å². The van der Waals surface area contributed by atoms with E-state index >= 15 is 0 Å². The van der Waals surface area contributed by atoms with E-state index in [1.807, 2.05) is 17.5 Å². The van der Waals surface area contributed by atoms with Gasteiger partial charge >= 0.3 is 5.97 Å². The first-order chi connectivity index (χ1) is 15.0. The number of phenols is 1. The van der Waals surface area contributed by atoms with Crippen molar-refractivity contribution in [2.75, 3.05) is 24.7 Å². The number of aryl methyl sites for hydroxylation is 1. The molecule has 2 aromatic carbocycles. The molecular weight excluding hydrogens is 418 g/mol. The lowest BCUT2D eigenvalue weighted by Gasteiger charge is -2.25. The predicted molar refractivity (Wildman–Crippen MR) is 116 cm³/mol. The summed E-state index contributed by atoms with van der Waals surface area (Å²) in [6.45, 7) is 2.57. The molecule has 0 radical (unpaired) electrons. The van der Waals surface area contributed by atoms with Crippen molar-refractivity contribution in [2.45, 2.75) is 13.5 Å². The number of aromatic hydroxyl groups is 1. The topological polar surface area (TPSA) is 85.3 Å². The highest BCUT2D eigenvalue weighted by molar-refractivity contribution is 7.09. The molecule has 0 aliphatic carbocycles. The minimum atomic E-state index is -0.760. The number of fused-ring (bicyclic) bond motifs is 1. The molecule has 2 heterocycles. The summed E-state index contributed by atoms with van der Waals surface area (Å²) in [7, 11) is 0. The molecule has 1 aliphatic heterocycles. The Morgan fingerprint density at radius 2 is 1.90 bits per heavy atom. The minimum absolute atomic E-state index is 0.0162. The Labute approximate surface area is 183 Å². The molecule has 0 unspecified atom stereocenters. The van der Waals surface area contributed by atoms with Crippen molar-refractivity contribution < 1.29 is 28.9 Å². The third kappa shape index (κ3) is 4.80. The maximum atomic E-state index is 13.0. The van der Waals surface area contributed by atoms with Crippen LogP contribution in [-0.4, -0.2) is 36.8 Å². The third-order valence-corrected chi connectivity index (χ3v) is 5.59. The standard InChI is InChI=1S/C23H21NO6S/c1-15-4-6-18(19(25)11-15)23(27)30-14-22(26)24(13-17-3-2-10-31-17)16-5-7-20-21(12-16)29-9-8-28-20/h2-7,10-12,25H,8-9,13-14H2,1H3. The fourth-order valence-electron chi connectivity index (χ4n) is 3.18. The molecule has 7 nitrogen and oxygen atoms in total. The molecule has 3 aromatic rings. The van der Waals surface area contributed by atoms with E-state index < -0.39 is 18.5 Å². The second-order valence-corrected chi connectivity index (χ2v) is 8.02. The third-order valence-electron chi connectivity index (χ3n) is 4.73. The number of anilines is 1. The number of carbonyl (C=O) groups excluding carboxylic acids is 2. The predicted octanol–water partition coefficient (Wildman–Crippen LogP) is 3.92. The van der Waals surface area contributed by atoms with E-state index in [1.54, 1.807) is 31.2 Å². The highest BCUT2D eigenvalue weighted by atomic mass is 32.1. The number of esters is 1. The summed E-state index contributed by atoms with van der Waals surface area (Å²) in [5.41, 5.74) is 1.44. The number of rotatable bonds is 6. The van der Waals surface area contributed by atoms with E-state index in [0.29, 0.717) is 36.9 Å². The largest absolute Gasteiger partial charge is 0.507 e. The molecule has 1 amide bonds. The summed E-state index contributed by atoms with van der Waals surface area (Å²) >= 11 is 1.53. The van der Waals surface area contributed by atoms with Gasteiger partial charge in [-0.05, 0) is 48.2 Å². The van der Waals surface area contributed by atoms with Gasteiger partial charge in [0.15, 0.2) is 18.1 Å². The Bertz CT molecular complexity index is 1100. The van der Waals surface area contributed by atoms with Gasteiger partial charge in [-0.15, -0.1) is 11.3 Å². The maximum Gasteiger partial charge on any atom is 0.342 e. The van der Waals surface area contributed by atoms with Crippen LogP contribution < -0.4 is 14.4 Å². The summed E-state index contributed by atoms with van der Waals surface area (Å²) in [5.74, 6) is -0.150. The number of thiophene rings is 1. The van der Waals surface area contributed by atoms with E-state index in [1.165, 1.54) is 28.4 Å². The normalized spacial score (nSPS) is 12.3. The zero-order chi connectivity index (χ0) is 21.8. The fraction of sp³-hybridized carbons (Fsp3) is 0.217. The SMILES string of the molecule is Cc1ccc(C(=O)OCC(=O)N(Cc2cccs2)c2ccc3c(c2)OCCO3)c(O)c1. The van der Waals surface area contributed by atoms with Gasteiger partial charge in [-0.1, -0.05) is 12.1 Å². The molecule has 0 bridgehead atoms. The van der Waals surface area contributed by atoms with Gasteiger partial charge in [-0.2, -0.15) is 0 Å². The quantitative estimate of drug-likeness (QED) is 0.586. The molecule has 8 heteroatoms. The second-order valence-electron chi connectivity index (χ2n) is 6.98. The zero-order valence-electron chi connectivity index (χ0n) is 16.9. The van der Waals surface area contributed by atoms with Gasteiger partial charge < -0.3 is 24.2 Å². The maximum absolute atomic E-state index is 13.0. The number of phenolic OH excluding ortho intramolecular Hbond substituents is 1. The van der Waals surface area contributed by atoms with E-state index in [4.69, 9.17) is 14.2 Å². The second kappa shape index (κ2) is 9.09. The van der Waals surface area contributed by atoms with Crippen molar-refractivity contribution in [2.24, 2.45) is 0 Å². The molecule has 31 heavy (non-hydrogen) atoms. The first-order valence-electron chi connectivity index (χ1n) is 9.70. The van der Waals surface area contributed by atoms with Crippen molar-refractivity contribution >= 4 is 28.9 Å². The first kappa shape index (κ1) is 20.7. The van der Waals surface area contributed by atoms with Crippen LogP contribution in [0.1, 0.15) is 20.8 Å². The first-order valence-corrected chi connectivity index (χ1v) is 10.6. The molecule has 1 aromatic heterocycles. The van der Waals surface area contributed by atoms with Gasteiger partial charge in [0.2, 0.25) is 0 Å². The number of nitrogens with zero attached hydrogens (tertiary/aromatic N) is 1. The number of benzene rings is 2. The van der Waals surface area contributed by atoms with E-state index in [9.17, 15) is 14.7 Å². The van der Waals surface area contributed by atoms with Crippen LogP contribution in [0.2, 0.25) is 0 Å². The van der Waals surface area contributed by atoms with Crippen LogP contribution in [0.4, 0.5) is 5.69 Å². The molecule has 1 aliphatic rings. The Morgan fingerprint density at radius 1 is 1.10 bits per heavy atom. The average Bonchev–Trinajstić information content (AvgIpc) is 3.28. The van der Waals surface area contributed by atoms with Crippen molar-refractivity contribution in [3.05, 3.63) is 69.9 Å². The number of carbonyl (C=O) groups is 2. The van der Waals surface area contributed by atoms with E-state index in [0.717, 1.165) is 10.4 Å². The average molecular weight is 439 g/mol. The van der Waals surface area contributed by atoms with Gasteiger partial charge in [0, 0.05) is 16.6 Å². The van der Waals surface area contributed by atoms with Crippen molar-refractivity contribution in [3.8, 4) is 17.2 Å². The molecule has 0 spiro atoms. The van der Waals surface area contributed by atoms with Crippen LogP contribution in [0.3, 0.4) is 0 Å². The van der Waals surface area contributed by atoms with Gasteiger partial charge in [0.05, 0.1) is 6.54 Å². The summed E-state index contributed by atoms with van der Waals surface area (Å²) in [6.07, 6.45) is 0. The van der Waals surface area contributed by atoms with Gasteiger partial charge in [0.25, 0.3) is 5.91 Å². The van der Waals surface area contributed by atoms with Crippen molar-refractivity contribution in [1.29, 1.82) is 0 Å². The Hall–Kier alpha value is -3.52. The van der Waals surface area contributed by atoms with Crippen LogP contribution >= 0.6 is 11.3 Å². The zero-order valence-corrected chi connectivity index (χ0v) is 17.7. The molecule has 160 valence electrons. The molecule has 0 saturated heterocycles. The molecule has 0 atom stereocenters. The summed E-state index contributed by atoms with van der Waals surface area (Å²) < 4.78 is 16.4. The highest BCUT2D eigenvalue weighted by Gasteiger charge is 2.22. The van der Waals surface area contributed by atoms with Crippen molar-refractivity contribution in [3.63, 3.8) is 0 Å². The molecule has 0 fully saturated rings. The lowest BCUT2D eigenvalue weighted by Crippen LogP contribution is -2.34. The van der Waals surface area contributed by atoms with E-state index in [2.05, 4.69) is 0 Å². The number of hydrogen-bond acceptors (Lipinski definition) is 7. The van der Waals surface area contributed by atoms with Crippen LogP contribution in [0.5, 0.6) is 17.2 Å². The summed E-state index contributed by atoms with van der Waals surface area (Å²) in [5, 5.41) is 11.9. The van der Waals surface area contributed by atoms with Crippen LogP contribution in [0, 0.1) is 6.92 Å². The lowest BCUT2D eigenvalue weighted by molar-refractivity contribution is -0.121. The van der Waals surface area contributed by atoms with Crippen LogP contribution in [-0.2, 0) is 16.1 Å². The Kier molecular flexibility index (Phi) is 6.08. The van der Waals surface area contributed by atoms with Crippen molar-refractivity contribution in [1.82, 2.24) is 0 Å². The summed E-state index contributed by atoms with van der Waals surface area (Å²) in [4.78, 5) is 27.9. The number of amides is 1. The van der Waals surface area contributed by atoms with Gasteiger partial charge in [-0.25, -0.2) is 4.79 Å². The molecule has 4 rings (SSSR count). The van der Waals surface area contributed by atoms with E-state index in [-0.39, 0.29) is 11.3 Å². The molecule has 1 N–H and O–H groups in total. The van der Waals surface area contributed by atoms with Crippen LogP contribution in [0.25, 0.3) is 0 Å². The summed E-state index contributed by atoms with van der Waals surface area (Å²) in [6, 6.07) is 13.7. The van der Waals surface area contributed by atoms with Gasteiger partial charge in [0.1, 0.15) is 24.5 Å². The Morgan fingerprint density at radius 3 is 2.65 bits per heavy atom. The smallest absolute Gasteiger partial charge is 0.342 e. The fourth-order valence-corrected chi connectivity index (χ4v) is 3.87. The molecular formula is C23H21NO6S. The minimum Gasteiger partial charge on any atom is -0.507 e. The molecule has 0 saturated carbocycles. The Balaban J connectivity index is 1.52. The lowest BCUT2D eigenvalue weighted by atomic mass is 10.1. The highest BCUT2D eigenvalue weighted by Crippen LogP contribution is 2.34.